The largest absolute Gasteiger partial charge is 0.338 e. The molecule has 3 aliphatic rings. The number of rotatable bonds is 7. The van der Waals surface area contributed by atoms with Crippen LogP contribution in [0.4, 0.5) is 4.79 Å². The van der Waals surface area contributed by atoms with Crippen LogP contribution in [0.15, 0.2) is 83.8 Å². The van der Waals surface area contributed by atoms with Gasteiger partial charge in [-0.15, -0.1) is 0 Å². The predicted molar refractivity (Wildman–Crippen MR) is 172 cm³/mol. The summed E-state index contributed by atoms with van der Waals surface area (Å²) >= 11 is 6.38. The number of hydrogen-bond acceptors (Lipinski definition) is 6. The van der Waals surface area contributed by atoms with Gasteiger partial charge in [-0.3, -0.25) is 14.5 Å². The summed E-state index contributed by atoms with van der Waals surface area (Å²) in [5.74, 6) is 0.174. The highest BCUT2D eigenvalue weighted by molar-refractivity contribution is 7.90. The first-order valence-corrected chi connectivity index (χ1v) is 17.6. The van der Waals surface area contributed by atoms with Gasteiger partial charge < -0.3 is 15.1 Å². The van der Waals surface area contributed by atoms with Crippen LogP contribution in [0.25, 0.3) is 0 Å². The van der Waals surface area contributed by atoms with Gasteiger partial charge in [0.05, 0.1) is 22.0 Å². The van der Waals surface area contributed by atoms with Crippen molar-refractivity contribution in [1.29, 1.82) is 0 Å². The molecule has 2 atom stereocenters. The number of nitrogens with zero attached hydrogens (tertiary/aromatic N) is 3. The lowest BCUT2D eigenvalue weighted by Gasteiger charge is -2.43. The maximum absolute atomic E-state index is 13.6. The van der Waals surface area contributed by atoms with Crippen molar-refractivity contribution in [1.82, 2.24) is 20.0 Å². The summed E-state index contributed by atoms with van der Waals surface area (Å²) < 4.78 is 23.6. The quantitative estimate of drug-likeness (QED) is 0.376. The highest BCUT2D eigenvalue weighted by Crippen LogP contribution is 2.37. The summed E-state index contributed by atoms with van der Waals surface area (Å²) in [7, 11) is -3.34. The number of carbonyl (C=O) groups excluding carboxylic acids is 3. The predicted octanol–water partition coefficient (Wildman–Crippen LogP) is 4.58. The molecule has 1 N–H and O–H groups in total. The zero-order valence-corrected chi connectivity index (χ0v) is 26.8. The van der Waals surface area contributed by atoms with Crippen LogP contribution in [0.3, 0.4) is 0 Å². The highest BCUT2D eigenvalue weighted by Gasteiger charge is 2.52. The van der Waals surface area contributed by atoms with Gasteiger partial charge in [0.25, 0.3) is 11.8 Å². The zero-order valence-electron chi connectivity index (χ0n) is 25.2. The first-order chi connectivity index (χ1) is 21.5. The Kier molecular flexibility index (Phi) is 8.74. The van der Waals surface area contributed by atoms with Crippen LogP contribution in [0, 0.1) is 5.92 Å². The number of halogens is 1. The smallest absolute Gasteiger partial charge is 0.325 e. The van der Waals surface area contributed by atoms with Crippen molar-refractivity contribution >= 4 is 39.3 Å². The Hall–Kier alpha value is -3.73. The zero-order chi connectivity index (χ0) is 31.8. The van der Waals surface area contributed by atoms with Crippen molar-refractivity contribution in [2.75, 3.05) is 39.0 Å². The molecule has 0 aromatic heterocycles. The van der Waals surface area contributed by atoms with Gasteiger partial charge in [0.2, 0.25) is 0 Å². The molecule has 11 heteroatoms. The van der Waals surface area contributed by atoms with E-state index in [1.807, 2.05) is 23.1 Å². The molecule has 3 aromatic carbocycles. The van der Waals surface area contributed by atoms with Gasteiger partial charge in [-0.2, -0.15) is 0 Å². The molecule has 45 heavy (non-hydrogen) atoms. The molecule has 1 spiro atoms. The van der Waals surface area contributed by atoms with E-state index in [1.165, 1.54) is 22.6 Å². The molecule has 3 aromatic rings. The first kappa shape index (κ1) is 31.3. The molecule has 6 rings (SSSR count). The number of hydrogen-bond donors (Lipinski definition) is 1. The number of nitrogens with one attached hydrogen (secondary N) is 1. The molecular formula is C34H37ClN4O5S. The molecule has 0 aliphatic carbocycles. The summed E-state index contributed by atoms with van der Waals surface area (Å²) in [6, 6.07) is 23.4. The van der Waals surface area contributed by atoms with Crippen molar-refractivity contribution in [3.63, 3.8) is 0 Å². The van der Waals surface area contributed by atoms with Gasteiger partial charge >= 0.3 is 6.03 Å². The minimum absolute atomic E-state index is 0.0555. The van der Waals surface area contributed by atoms with E-state index in [1.54, 1.807) is 24.3 Å². The van der Waals surface area contributed by atoms with Crippen molar-refractivity contribution in [2.24, 2.45) is 5.92 Å². The average Bonchev–Trinajstić information content (AvgIpc) is 3.26. The van der Waals surface area contributed by atoms with E-state index < -0.39 is 21.4 Å². The van der Waals surface area contributed by atoms with Crippen molar-refractivity contribution < 1.29 is 22.8 Å². The molecule has 4 amide bonds. The topological polar surface area (TPSA) is 107 Å². The normalized spacial score (nSPS) is 22.1. The van der Waals surface area contributed by atoms with Gasteiger partial charge in [0.15, 0.2) is 9.84 Å². The summed E-state index contributed by atoms with van der Waals surface area (Å²) in [6.45, 7) is 3.37. The second-order valence-electron chi connectivity index (χ2n) is 12.4. The lowest BCUT2D eigenvalue weighted by atomic mass is 9.79. The van der Waals surface area contributed by atoms with E-state index in [-0.39, 0.29) is 35.1 Å². The maximum Gasteiger partial charge on any atom is 0.325 e. The van der Waals surface area contributed by atoms with Gasteiger partial charge in [-0.25, -0.2) is 13.2 Å². The van der Waals surface area contributed by atoms with E-state index in [4.69, 9.17) is 11.6 Å². The monoisotopic (exact) mass is 648 g/mol. The van der Waals surface area contributed by atoms with Crippen LogP contribution in [0.1, 0.15) is 46.7 Å². The molecule has 3 aliphatic heterocycles. The third kappa shape index (κ3) is 6.50. The van der Waals surface area contributed by atoms with Gasteiger partial charge in [0, 0.05) is 39.0 Å². The van der Waals surface area contributed by atoms with E-state index in [9.17, 15) is 22.8 Å². The van der Waals surface area contributed by atoms with Gasteiger partial charge in [-0.05, 0) is 66.5 Å². The van der Waals surface area contributed by atoms with Crippen molar-refractivity contribution in [3.8, 4) is 0 Å². The third-order valence-corrected chi connectivity index (χ3v) is 11.0. The minimum Gasteiger partial charge on any atom is -0.338 e. The lowest BCUT2D eigenvalue weighted by Crippen LogP contribution is -2.56. The fraction of sp³-hybridized carbons (Fsp3) is 0.382. The van der Waals surface area contributed by atoms with E-state index in [2.05, 4.69) is 34.5 Å². The molecule has 1 unspecified atom stereocenters. The van der Waals surface area contributed by atoms with Crippen LogP contribution >= 0.6 is 11.6 Å². The number of piperidine rings is 2. The number of amides is 4. The first-order valence-electron chi connectivity index (χ1n) is 15.3. The Morgan fingerprint density at radius 3 is 2.27 bits per heavy atom. The number of urea groups is 1. The van der Waals surface area contributed by atoms with E-state index >= 15 is 0 Å². The summed E-state index contributed by atoms with van der Waals surface area (Å²) in [6.07, 6.45) is 2.97. The molecule has 236 valence electrons. The lowest BCUT2D eigenvalue weighted by molar-refractivity contribution is -0.133. The summed E-state index contributed by atoms with van der Waals surface area (Å²) in [5.41, 5.74) is 1.51. The molecule has 0 radical (unpaired) electrons. The highest BCUT2D eigenvalue weighted by atomic mass is 35.5. The molecule has 3 saturated heterocycles. The average molecular weight is 649 g/mol. The van der Waals surface area contributed by atoms with Crippen LogP contribution in [-0.4, -0.2) is 85.5 Å². The Balaban J connectivity index is 1.12. The fourth-order valence-electron chi connectivity index (χ4n) is 6.98. The van der Waals surface area contributed by atoms with Crippen molar-refractivity contribution in [3.05, 3.63) is 101 Å². The van der Waals surface area contributed by atoms with Crippen molar-refractivity contribution in [2.45, 2.75) is 42.2 Å². The fourth-order valence-corrected chi connectivity index (χ4v) is 7.83. The SMILES string of the molecule is CS(=O)(=O)c1ccc(CN2C(=O)NC3(CCN(C[C@H]4CN(C(=O)c5ccccc5Cl)CCC4c4ccccc4)CC3)C2=O)cc1. The number of benzene rings is 3. The molecule has 9 nitrogen and oxygen atoms in total. The summed E-state index contributed by atoms with van der Waals surface area (Å²) in [4.78, 5) is 45.7. The van der Waals surface area contributed by atoms with E-state index in [0.29, 0.717) is 55.2 Å². The minimum atomic E-state index is -3.34. The Bertz CT molecular complexity index is 1690. The molecular weight excluding hydrogens is 612 g/mol. The second kappa shape index (κ2) is 12.6. The molecule has 0 saturated carbocycles. The van der Waals surface area contributed by atoms with E-state index in [0.717, 1.165) is 19.2 Å². The maximum atomic E-state index is 13.6. The Morgan fingerprint density at radius 2 is 1.60 bits per heavy atom. The molecule has 3 fully saturated rings. The van der Waals surface area contributed by atoms with Crippen LogP contribution in [-0.2, 0) is 21.2 Å². The van der Waals surface area contributed by atoms with Crippen LogP contribution in [0.2, 0.25) is 5.02 Å². The second-order valence-corrected chi connectivity index (χ2v) is 14.8. The Morgan fingerprint density at radius 1 is 0.933 bits per heavy atom. The Labute approximate surface area is 269 Å². The van der Waals surface area contributed by atoms with Crippen LogP contribution in [0.5, 0.6) is 0 Å². The number of likely N-dealkylation sites (tertiary alicyclic amines) is 2. The number of sulfone groups is 1. The van der Waals surface area contributed by atoms with Gasteiger partial charge in [0.1, 0.15) is 5.54 Å². The van der Waals surface area contributed by atoms with Crippen LogP contribution < -0.4 is 5.32 Å². The third-order valence-electron chi connectivity index (χ3n) is 9.49. The number of carbonyl (C=O) groups is 3. The standard InChI is InChI=1S/C34H37ClN4O5S/c1-45(43,44)27-13-11-24(12-14-27)21-39-32(41)34(36-33(39)42)16-19-37(20-17-34)22-26-23-38(31(40)29-9-5-6-10-30(29)35)18-15-28(26)25-7-3-2-4-8-25/h2-14,26,28H,15-23H2,1H3,(H,36,42)/t26-,28?/m0/s1. The summed E-state index contributed by atoms with van der Waals surface area (Å²) in [5, 5.41) is 3.43. The number of imide groups is 1. The molecule has 0 bridgehead atoms. The van der Waals surface area contributed by atoms with Gasteiger partial charge in [-0.1, -0.05) is 66.2 Å². The molecule has 3 heterocycles.